The van der Waals surface area contributed by atoms with Crippen LogP contribution >= 0.6 is 0 Å². The number of aromatic nitrogens is 2. The van der Waals surface area contributed by atoms with Crippen molar-refractivity contribution in [1.29, 1.82) is 0 Å². The minimum Gasteiger partial charge on any atom is -0.345 e. The zero-order valence-electron chi connectivity index (χ0n) is 6.06. The van der Waals surface area contributed by atoms with Crippen molar-refractivity contribution in [3.05, 3.63) is 29.8 Å². The molecule has 56 valence electrons. The van der Waals surface area contributed by atoms with E-state index in [-0.39, 0.29) is 5.82 Å². The summed E-state index contributed by atoms with van der Waals surface area (Å²) in [5.74, 6) is -0.223. The summed E-state index contributed by atoms with van der Waals surface area (Å²) in [4.78, 5) is 6.89. The Labute approximate surface area is 63.1 Å². The number of hydrogen-bond donors (Lipinski definition) is 1. The first-order valence-electron chi connectivity index (χ1n) is 3.36. The van der Waals surface area contributed by atoms with Gasteiger partial charge in [0.2, 0.25) is 0 Å². The van der Waals surface area contributed by atoms with Crippen LogP contribution in [0.2, 0.25) is 0 Å². The van der Waals surface area contributed by atoms with E-state index in [0.717, 1.165) is 16.6 Å². The maximum Gasteiger partial charge on any atom is 0.125 e. The van der Waals surface area contributed by atoms with Gasteiger partial charge in [-0.05, 0) is 24.6 Å². The maximum atomic E-state index is 12.7. The van der Waals surface area contributed by atoms with Crippen LogP contribution in [0.5, 0.6) is 0 Å². The number of nitrogens with one attached hydrogen (secondary N) is 1. The Kier molecular flexibility index (Phi) is 1.18. The van der Waals surface area contributed by atoms with E-state index in [9.17, 15) is 4.39 Å². The molecule has 0 fully saturated rings. The predicted molar refractivity (Wildman–Crippen MR) is 40.8 cm³/mol. The average molecular weight is 150 g/mol. The van der Waals surface area contributed by atoms with E-state index in [1.807, 2.05) is 6.92 Å². The number of H-pyrrole nitrogens is 1. The molecule has 1 aromatic heterocycles. The van der Waals surface area contributed by atoms with Crippen molar-refractivity contribution in [3.8, 4) is 0 Å². The molecule has 0 saturated carbocycles. The van der Waals surface area contributed by atoms with Gasteiger partial charge in [0.1, 0.15) is 5.82 Å². The van der Waals surface area contributed by atoms with Gasteiger partial charge in [-0.2, -0.15) is 0 Å². The molecule has 0 aliphatic carbocycles. The molecule has 3 heteroatoms. The van der Waals surface area contributed by atoms with Crippen molar-refractivity contribution in [3.63, 3.8) is 0 Å². The van der Waals surface area contributed by atoms with Crippen LogP contribution in [-0.4, -0.2) is 9.97 Å². The van der Waals surface area contributed by atoms with Gasteiger partial charge in [-0.1, -0.05) is 0 Å². The van der Waals surface area contributed by atoms with Crippen LogP contribution in [0.4, 0.5) is 4.39 Å². The Morgan fingerprint density at radius 2 is 2.27 bits per heavy atom. The topological polar surface area (TPSA) is 28.7 Å². The highest BCUT2D eigenvalue weighted by Crippen LogP contribution is 2.15. The third-order valence-electron chi connectivity index (χ3n) is 1.68. The number of nitrogens with zero attached hydrogens (tertiary/aromatic N) is 1. The molecule has 0 saturated heterocycles. The first-order valence-corrected chi connectivity index (χ1v) is 3.36. The number of hydrogen-bond acceptors (Lipinski definition) is 1. The first-order chi connectivity index (χ1) is 5.27. The molecule has 0 atom stereocenters. The van der Waals surface area contributed by atoms with Gasteiger partial charge in [0.25, 0.3) is 0 Å². The number of imidazole rings is 1. The predicted octanol–water partition coefficient (Wildman–Crippen LogP) is 2.01. The summed E-state index contributed by atoms with van der Waals surface area (Å²) in [6.45, 7) is 1.84. The second-order valence-corrected chi connectivity index (χ2v) is 2.52. The second kappa shape index (κ2) is 2.05. The van der Waals surface area contributed by atoms with Gasteiger partial charge >= 0.3 is 0 Å². The highest BCUT2D eigenvalue weighted by molar-refractivity contribution is 5.77. The maximum absolute atomic E-state index is 12.7. The molecule has 2 aromatic rings. The number of aromatic amines is 1. The number of fused-ring (bicyclic) bond motifs is 1. The van der Waals surface area contributed by atoms with Crippen LogP contribution in [0.15, 0.2) is 18.5 Å². The minimum atomic E-state index is -0.223. The summed E-state index contributed by atoms with van der Waals surface area (Å²) >= 11 is 0. The monoisotopic (exact) mass is 150 g/mol. The van der Waals surface area contributed by atoms with E-state index in [1.165, 1.54) is 12.1 Å². The van der Waals surface area contributed by atoms with Crippen LogP contribution in [0.3, 0.4) is 0 Å². The molecular weight excluding hydrogens is 143 g/mol. The van der Waals surface area contributed by atoms with Gasteiger partial charge in [0.05, 0.1) is 17.4 Å². The van der Waals surface area contributed by atoms with Gasteiger partial charge < -0.3 is 4.98 Å². The van der Waals surface area contributed by atoms with Crippen molar-refractivity contribution in [2.45, 2.75) is 6.92 Å². The second-order valence-electron chi connectivity index (χ2n) is 2.52. The molecule has 1 aromatic carbocycles. The van der Waals surface area contributed by atoms with E-state index in [4.69, 9.17) is 0 Å². The van der Waals surface area contributed by atoms with Gasteiger partial charge in [-0.25, -0.2) is 9.37 Å². The third-order valence-corrected chi connectivity index (χ3v) is 1.68. The highest BCUT2D eigenvalue weighted by atomic mass is 19.1. The Morgan fingerprint density at radius 3 is 3.09 bits per heavy atom. The number of rotatable bonds is 0. The van der Waals surface area contributed by atoms with Crippen molar-refractivity contribution in [2.75, 3.05) is 0 Å². The summed E-state index contributed by atoms with van der Waals surface area (Å²) in [6, 6.07) is 2.92. The van der Waals surface area contributed by atoms with Crippen molar-refractivity contribution >= 4 is 11.0 Å². The van der Waals surface area contributed by atoms with Gasteiger partial charge in [0.15, 0.2) is 0 Å². The standard InChI is InChI=1S/C8H7FN2/c1-5-2-6(9)3-7-8(5)11-4-10-7/h2-4H,1H3,(H,10,11). The molecule has 0 spiro atoms. The van der Waals surface area contributed by atoms with Gasteiger partial charge in [0, 0.05) is 0 Å². The lowest BCUT2D eigenvalue weighted by Crippen LogP contribution is -1.79. The minimum absolute atomic E-state index is 0.223. The van der Waals surface area contributed by atoms with E-state index >= 15 is 0 Å². The molecule has 0 aliphatic rings. The molecule has 0 aliphatic heterocycles. The Bertz CT molecular complexity index is 392. The van der Waals surface area contributed by atoms with E-state index < -0.39 is 0 Å². The fourth-order valence-electron chi connectivity index (χ4n) is 1.18. The Hall–Kier alpha value is -1.38. The van der Waals surface area contributed by atoms with Crippen LogP contribution < -0.4 is 0 Å². The molecule has 0 unspecified atom stereocenters. The number of benzene rings is 1. The average Bonchev–Trinajstić information content (AvgIpc) is 2.34. The third kappa shape index (κ3) is 0.888. The molecular formula is C8H7FN2. The lowest BCUT2D eigenvalue weighted by molar-refractivity contribution is 0.628. The summed E-state index contributed by atoms with van der Waals surface area (Å²) in [5, 5.41) is 0. The quantitative estimate of drug-likeness (QED) is 0.611. The molecule has 11 heavy (non-hydrogen) atoms. The summed E-state index contributed by atoms with van der Waals surface area (Å²) in [6.07, 6.45) is 1.57. The molecule has 0 amide bonds. The fourth-order valence-corrected chi connectivity index (χ4v) is 1.18. The summed E-state index contributed by atoms with van der Waals surface area (Å²) in [5.41, 5.74) is 2.45. The molecule has 2 rings (SSSR count). The van der Waals surface area contributed by atoms with Crippen LogP contribution in [0.25, 0.3) is 11.0 Å². The highest BCUT2D eigenvalue weighted by Gasteiger charge is 2.01. The largest absolute Gasteiger partial charge is 0.345 e. The zero-order chi connectivity index (χ0) is 7.84. The van der Waals surface area contributed by atoms with E-state index in [2.05, 4.69) is 9.97 Å². The SMILES string of the molecule is Cc1cc(F)cc2[nH]cnc12. The van der Waals surface area contributed by atoms with E-state index in [0.29, 0.717) is 0 Å². The van der Waals surface area contributed by atoms with Crippen molar-refractivity contribution in [1.82, 2.24) is 9.97 Å². The lowest BCUT2D eigenvalue weighted by Gasteiger charge is -1.93. The Balaban J connectivity index is 2.91. The fraction of sp³-hybridized carbons (Fsp3) is 0.125. The summed E-state index contributed by atoms with van der Waals surface area (Å²) < 4.78 is 12.7. The summed E-state index contributed by atoms with van der Waals surface area (Å²) in [7, 11) is 0. The van der Waals surface area contributed by atoms with E-state index in [1.54, 1.807) is 6.33 Å². The molecule has 1 heterocycles. The normalized spacial score (nSPS) is 10.7. The lowest BCUT2D eigenvalue weighted by atomic mass is 10.2. The van der Waals surface area contributed by atoms with Crippen LogP contribution in [0, 0.1) is 12.7 Å². The smallest absolute Gasteiger partial charge is 0.125 e. The zero-order valence-corrected chi connectivity index (χ0v) is 6.06. The molecule has 0 radical (unpaired) electrons. The van der Waals surface area contributed by atoms with Crippen molar-refractivity contribution < 1.29 is 4.39 Å². The number of halogens is 1. The Morgan fingerprint density at radius 1 is 1.45 bits per heavy atom. The van der Waals surface area contributed by atoms with Gasteiger partial charge in [-0.15, -0.1) is 0 Å². The first kappa shape index (κ1) is 6.34. The van der Waals surface area contributed by atoms with Crippen LogP contribution in [0.1, 0.15) is 5.56 Å². The molecule has 1 N–H and O–H groups in total. The number of aryl methyl sites for hydroxylation is 1. The van der Waals surface area contributed by atoms with Gasteiger partial charge in [-0.3, -0.25) is 0 Å². The van der Waals surface area contributed by atoms with Crippen molar-refractivity contribution in [2.24, 2.45) is 0 Å². The molecule has 2 nitrogen and oxygen atoms in total. The molecule has 0 bridgehead atoms. The van der Waals surface area contributed by atoms with Crippen LogP contribution in [-0.2, 0) is 0 Å².